The lowest BCUT2D eigenvalue weighted by Gasteiger charge is -2.23. The molecule has 1 aromatic heterocycles. The summed E-state index contributed by atoms with van der Waals surface area (Å²) in [5.41, 5.74) is 5.05. The van der Waals surface area contributed by atoms with Crippen molar-refractivity contribution in [3.63, 3.8) is 0 Å². The van der Waals surface area contributed by atoms with Gasteiger partial charge in [0.1, 0.15) is 6.54 Å². The first kappa shape index (κ1) is 23.2. The molecule has 3 heterocycles. The fourth-order valence-electron chi connectivity index (χ4n) is 6.08. The number of para-hydroxylation sites is 1. The summed E-state index contributed by atoms with van der Waals surface area (Å²) in [4.78, 5) is 26.0. The van der Waals surface area contributed by atoms with Crippen molar-refractivity contribution >= 4 is 38.6 Å². The van der Waals surface area contributed by atoms with Gasteiger partial charge in [0.25, 0.3) is 5.91 Å². The number of anilines is 1. The normalized spacial score (nSPS) is 18.9. The monoisotopic (exact) mass is 506 g/mol. The SMILES string of the molecule is O=C1Cn2c(c(C3CCCCC3)c3ccc(C(=O)NS(=O)(=O)N4CCCC4)cc32)-c2ccccc2N1. The van der Waals surface area contributed by atoms with Gasteiger partial charge < -0.3 is 9.88 Å². The minimum atomic E-state index is -3.88. The molecule has 6 rings (SSSR count). The van der Waals surface area contributed by atoms with Crippen LogP contribution < -0.4 is 10.0 Å². The highest BCUT2D eigenvalue weighted by Crippen LogP contribution is 2.46. The van der Waals surface area contributed by atoms with Crippen LogP contribution in [0, 0.1) is 0 Å². The van der Waals surface area contributed by atoms with E-state index in [1.165, 1.54) is 29.1 Å². The van der Waals surface area contributed by atoms with E-state index in [-0.39, 0.29) is 18.0 Å². The molecule has 0 unspecified atom stereocenters. The van der Waals surface area contributed by atoms with Crippen molar-refractivity contribution in [1.29, 1.82) is 0 Å². The van der Waals surface area contributed by atoms with Crippen molar-refractivity contribution in [3.8, 4) is 11.3 Å². The van der Waals surface area contributed by atoms with Crippen LogP contribution in [-0.2, 0) is 21.5 Å². The Morgan fingerprint density at radius 1 is 0.972 bits per heavy atom. The molecule has 2 N–H and O–H groups in total. The summed E-state index contributed by atoms with van der Waals surface area (Å²) in [5.74, 6) is -0.411. The van der Waals surface area contributed by atoms with E-state index < -0.39 is 16.1 Å². The number of aromatic nitrogens is 1. The predicted octanol–water partition coefficient (Wildman–Crippen LogP) is 4.38. The van der Waals surface area contributed by atoms with Crippen LogP contribution in [0.1, 0.15) is 66.8 Å². The molecule has 0 bridgehead atoms. The minimum absolute atomic E-state index is 0.125. The van der Waals surface area contributed by atoms with Crippen molar-refractivity contribution in [3.05, 3.63) is 53.6 Å². The number of amides is 2. The molecule has 0 atom stereocenters. The number of hydrogen-bond acceptors (Lipinski definition) is 4. The van der Waals surface area contributed by atoms with Gasteiger partial charge in [0.15, 0.2) is 0 Å². The van der Waals surface area contributed by atoms with Crippen LogP contribution in [0.4, 0.5) is 5.69 Å². The van der Waals surface area contributed by atoms with E-state index in [1.54, 1.807) is 12.1 Å². The van der Waals surface area contributed by atoms with Gasteiger partial charge in [-0.25, -0.2) is 4.72 Å². The standard InChI is InChI=1S/C27H30N4O4S/c32-24-17-31-23-16-19(27(33)29-36(34,35)30-14-6-7-15-30)12-13-21(23)25(18-8-2-1-3-9-18)26(31)20-10-4-5-11-22(20)28-24/h4-5,10-13,16,18H,1-3,6-9,14-15,17H2,(H,28,32)(H,29,33). The van der Waals surface area contributed by atoms with Gasteiger partial charge in [-0.2, -0.15) is 12.7 Å². The highest BCUT2D eigenvalue weighted by molar-refractivity contribution is 7.87. The number of hydrogen-bond donors (Lipinski definition) is 2. The van der Waals surface area contributed by atoms with E-state index >= 15 is 0 Å². The van der Waals surface area contributed by atoms with Crippen molar-refractivity contribution < 1.29 is 18.0 Å². The van der Waals surface area contributed by atoms with E-state index in [2.05, 4.69) is 10.0 Å². The van der Waals surface area contributed by atoms with Crippen LogP contribution in [0.2, 0.25) is 0 Å². The fraction of sp³-hybridized carbons (Fsp3) is 0.407. The molecule has 0 radical (unpaired) electrons. The second-order valence-electron chi connectivity index (χ2n) is 10.1. The van der Waals surface area contributed by atoms with Crippen LogP contribution in [0.15, 0.2) is 42.5 Å². The zero-order valence-corrected chi connectivity index (χ0v) is 20.9. The summed E-state index contributed by atoms with van der Waals surface area (Å²) in [6.45, 7) is 0.977. The van der Waals surface area contributed by atoms with Gasteiger partial charge in [-0.05, 0) is 55.4 Å². The maximum Gasteiger partial charge on any atom is 0.304 e. The van der Waals surface area contributed by atoms with Gasteiger partial charge in [-0.3, -0.25) is 9.59 Å². The molecule has 3 aromatic rings. The molecule has 8 nitrogen and oxygen atoms in total. The maximum absolute atomic E-state index is 13.1. The van der Waals surface area contributed by atoms with Crippen molar-refractivity contribution in [2.75, 3.05) is 18.4 Å². The lowest BCUT2D eigenvalue weighted by molar-refractivity contribution is -0.116. The molecule has 2 aromatic carbocycles. The third-order valence-electron chi connectivity index (χ3n) is 7.76. The van der Waals surface area contributed by atoms with Crippen LogP contribution in [0.3, 0.4) is 0 Å². The molecular weight excluding hydrogens is 476 g/mol. The molecular formula is C27H30N4O4S. The minimum Gasteiger partial charge on any atom is -0.331 e. The number of nitrogens with zero attached hydrogens (tertiary/aromatic N) is 2. The third-order valence-corrected chi connectivity index (χ3v) is 9.25. The highest BCUT2D eigenvalue weighted by atomic mass is 32.2. The smallest absolute Gasteiger partial charge is 0.304 e. The lowest BCUT2D eigenvalue weighted by atomic mass is 9.81. The van der Waals surface area contributed by atoms with Crippen molar-refractivity contribution in [2.45, 2.75) is 57.4 Å². The quantitative estimate of drug-likeness (QED) is 0.548. The van der Waals surface area contributed by atoms with E-state index in [0.717, 1.165) is 53.5 Å². The Morgan fingerprint density at radius 3 is 2.50 bits per heavy atom. The Bertz CT molecular complexity index is 1460. The molecule has 2 amide bonds. The van der Waals surface area contributed by atoms with Gasteiger partial charge in [-0.15, -0.1) is 0 Å². The largest absolute Gasteiger partial charge is 0.331 e. The predicted molar refractivity (Wildman–Crippen MR) is 139 cm³/mol. The number of fused-ring (bicyclic) bond motifs is 5. The number of nitrogens with one attached hydrogen (secondary N) is 2. The summed E-state index contributed by atoms with van der Waals surface area (Å²) >= 11 is 0. The summed E-state index contributed by atoms with van der Waals surface area (Å²) in [5, 5.41) is 4.05. The Kier molecular flexibility index (Phi) is 5.84. The van der Waals surface area contributed by atoms with Gasteiger partial charge in [-0.1, -0.05) is 43.5 Å². The van der Waals surface area contributed by atoms with Gasteiger partial charge in [0.05, 0.1) is 16.9 Å². The second-order valence-corrected chi connectivity index (χ2v) is 11.7. The zero-order chi connectivity index (χ0) is 24.9. The Labute approximate surface area is 210 Å². The van der Waals surface area contributed by atoms with Gasteiger partial charge >= 0.3 is 10.2 Å². The third kappa shape index (κ3) is 4.00. The molecule has 9 heteroatoms. The molecule has 1 aliphatic carbocycles. The fourth-order valence-corrected chi connectivity index (χ4v) is 7.30. The summed E-state index contributed by atoms with van der Waals surface area (Å²) in [6, 6.07) is 13.2. The molecule has 2 fully saturated rings. The maximum atomic E-state index is 13.1. The average molecular weight is 507 g/mol. The molecule has 3 aliphatic rings. The first-order valence-electron chi connectivity index (χ1n) is 12.8. The Hall–Kier alpha value is -3.17. The molecule has 1 saturated heterocycles. The first-order chi connectivity index (χ1) is 17.4. The molecule has 0 spiro atoms. The number of benzene rings is 2. The van der Waals surface area contributed by atoms with Crippen LogP contribution >= 0.6 is 0 Å². The van der Waals surface area contributed by atoms with E-state index in [4.69, 9.17) is 0 Å². The summed E-state index contributed by atoms with van der Waals surface area (Å²) in [6.07, 6.45) is 7.35. The molecule has 1 saturated carbocycles. The zero-order valence-electron chi connectivity index (χ0n) is 20.1. The van der Waals surface area contributed by atoms with Crippen molar-refractivity contribution in [2.24, 2.45) is 0 Å². The summed E-state index contributed by atoms with van der Waals surface area (Å²) in [7, 11) is -3.88. The highest BCUT2D eigenvalue weighted by Gasteiger charge is 2.31. The molecule has 188 valence electrons. The summed E-state index contributed by atoms with van der Waals surface area (Å²) < 4.78 is 30.9. The molecule has 2 aliphatic heterocycles. The van der Waals surface area contributed by atoms with Crippen molar-refractivity contribution in [1.82, 2.24) is 13.6 Å². The molecule has 36 heavy (non-hydrogen) atoms. The average Bonchev–Trinajstić information content (AvgIpc) is 3.49. The van der Waals surface area contributed by atoms with Crippen LogP contribution in [0.5, 0.6) is 0 Å². The number of rotatable bonds is 4. The second kappa shape index (κ2) is 9.05. The van der Waals surface area contributed by atoms with E-state index in [9.17, 15) is 18.0 Å². The Balaban J connectivity index is 1.49. The van der Waals surface area contributed by atoms with E-state index in [0.29, 0.717) is 19.0 Å². The van der Waals surface area contributed by atoms with Gasteiger partial charge in [0.2, 0.25) is 5.91 Å². The van der Waals surface area contributed by atoms with E-state index in [1.807, 2.05) is 34.9 Å². The van der Waals surface area contributed by atoms with Crippen LogP contribution in [0.25, 0.3) is 22.2 Å². The topological polar surface area (TPSA) is 101 Å². The van der Waals surface area contributed by atoms with Gasteiger partial charge in [0, 0.05) is 29.6 Å². The van der Waals surface area contributed by atoms with Crippen LogP contribution in [-0.4, -0.2) is 42.2 Å². The number of carbonyl (C=O) groups is 2. The lowest BCUT2D eigenvalue weighted by Crippen LogP contribution is -2.42. The number of carbonyl (C=O) groups excluding carboxylic acids is 2. The first-order valence-corrected chi connectivity index (χ1v) is 14.2. The Morgan fingerprint density at radius 2 is 1.72 bits per heavy atom.